The van der Waals surface area contributed by atoms with E-state index in [0.717, 1.165) is 50.1 Å². The van der Waals surface area contributed by atoms with E-state index in [1.807, 2.05) is 48.5 Å². The summed E-state index contributed by atoms with van der Waals surface area (Å²) in [5.74, 6) is 1.93. The highest BCUT2D eigenvalue weighted by Crippen LogP contribution is 2.33. The minimum Gasteiger partial charge on any atom is -0.208 e. The van der Waals surface area contributed by atoms with E-state index in [1.165, 1.54) is 0 Å². The number of benzene rings is 6. The van der Waals surface area contributed by atoms with Gasteiger partial charge in [-0.1, -0.05) is 140 Å². The third-order valence-electron chi connectivity index (χ3n) is 7.30. The summed E-state index contributed by atoms with van der Waals surface area (Å²) >= 11 is 0. The Morgan fingerprint density at radius 3 is 1.02 bits per heavy atom. The van der Waals surface area contributed by atoms with Crippen molar-refractivity contribution < 1.29 is 0 Å². The molecule has 3 nitrogen and oxygen atoms in total. The molecule has 6 aromatic carbocycles. The second-order valence-corrected chi connectivity index (χ2v) is 10.2. The summed E-state index contributed by atoms with van der Waals surface area (Å²) in [6, 6.07) is 56.4. The van der Waals surface area contributed by atoms with E-state index in [2.05, 4.69) is 115 Å². The molecular weight excluding hydrogens is 510 g/mol. The lowest BCUT2D eigenvalue weighted by atomic mass is 9.96. The standard InChI is InChI=1S/C39H27N3/c1-5-14-28(15-6-1)32-22-13-23-33(24-32)38-40-37(31-20-11-4-12-21-31)41-39(42-38)36-26-34(29-16-7-2-8-17-29)25-35(27-36)30-18-9-3-10-19-30/h1-27H. The van der Waals surface area contributed by atoms with Crippen molar-refractivity contribution in [2.24, 2.45) is 0 Å². The maximum Gasteiger partial charge on any atom is 0.164 e. The molecule has 0 aliphatic carbocycles. The van der Waals surface area contributed by atoms with E-state index in [-0.39, 0.29) is 0 Å². The van der Waals surface area contributed by atoms with Crippen LogP contribution < -0.4 is 0 Å². The zero-order chi connectivity index (χ0) is 28.1. The normalized spacial score (nSPS) is 10.9. The second kappa shape index (κ2) is 11.4. The largest absolute Gasteiger partial charge is 0.208 e. The Morgan fingerprint density at radius 1 is 0.214 bits per heavy atom. The number of rotatable bonds is 6. The minimum atomic E-state index is 0.638. The highest BCUT2D eigenvalue weighted by Gasteiger charge is 2.15. The lowest BCUT2D eigenvalue weighted by Gasteiger charge is -2.13. The average Bonchev–Trinajstić information content (AvgIpc) is 3.09. The van der Waals surface area contributed by atoms with Crippen molar-refractivity contribution in [1.82, 2.24) is 15.0 Å². The number of nitrogens with zero attached hydrogens (tertiary/aromatic N) is 3. The predicted molar refractivity (Wildman–Crippen MR) is 172 cm³/mol. The van der Waals surface area contributed by atoms with Crippen LogP contribution in [0.25, 0.3) is 67.5 Å². The van der Waals surface area contributed by atoms with Crippen LogP contribution in [0.1, 0.15) is 0 Å². The van der Waals surface area contributed by atoms with Crippen molar-refractivity contribution in [3.63, 3.8) is 0 Å². The van der Waals surface area contributed by atoms with Crippen LogP contribution in [0.2, 0.25) is 0 Å². The molecule has 0 aliphatic heterocycles. The molecule has 0 fully saturated rings. The summed E-state index contributed by atoms with van der Waals surface area (Å²) in [5.41, 5.74) is 9.62. The lowest BCUT2D eigenvalue weighted by Crippen LogP contribution is -2.00. The SMILES string of the molecule is c1ccc(-c2cccc(-c3nc(-c4ccccc4)nc(-c4cc(-c5ccccc5)cc(-c5ccccc5)c4)n3)c2)cc1. The molecular formula is C39H27N3. The van der Waals surface area contributed by atoms with Gasteiger partial charge < -0.3 is 0 Å². The highest BCUT2D eigenvalue weighted by atomic mass is 15.0. The van der Waals surface area contributed by atoms with Gasteiger partial charge in [-0.3, -0.25) is 0 Å². The highest BCUT2D eigenvalue weighted by molar-refractivity contribution is 5.80. The van der Waals surface area contributed by atoms with Gasteiger partial charge in [0.1, 0.15) is 0 Å². The average molecular weight is 538 g/mol. The smallest absolute Gasteiger partial charge is 0.164 e. The molecule has 0 N–H and O–H groups in total. The molecule has 0 radical (unpaired) electrons. The van der Waals surface area contributed by atoms with Crippen molar-refractivity contribution in [2.45, 2.75) is 0 Å². The molecule has 1 heterocycles. The van der Waals surface area contributed by atoms with Gasteiger partial charge in [0.2, 0.25) is 0 Å². The van der Waals surface area contributed by atoms with Gasteiger partial charge in [-0.25, -0.2) is 15.0 Å². The van der Waals surface area contributed by atoms with Crippen molar-refractivity contribution in [2.75, 3.05) is 0 Å². The molecule has 1 aromatic heterocycles. The van der Waals surface area contributed by atoms with Crippen molar-refractivity contribution in [3.8, 4) is 67.5 Å². The van der Waals surface area contributed by atoms with Crippen LogP contribution in [-0.2, 0) is 0 Å². The third-order valence-corrected chi connectivity index (χ3v) is 7.30. The first-order valence-electron chi connectivity index (χ1n) is 14.0. The zero-order valence-corrected chi connectivity index (χ0v) is 22.9. The summed E-state index contributed by atoms with van der Waals surface area (Å²) in [5, 5.41) is 0. The van der Waals surface area contributed by atoms with Crippen molar-refractivity contribution >= 4 is 0 Å². The Hall–Kier alpha value is -5.67. The van der Waals surface area contributed by atoms with E-state index in [4.69, 9.17) is 15.0 Å². The fourth-order valence-electron chi connectivity index (χ4n) is 5.17. The van der Waals surface area contributed by atoms with Gasteiger partial charge in [0.15, 0.2) is 17.5 Å². The number of hydrogen-bond donors (Lipinski definition) is 0. The summed E-state index contributed by atoms with van der Waals surface area (Å²) in [4.78, 5) is 15.1. The van der Waals surface area contributed by atoms with Gasteiger partial charge in [-0.05, 0) is 57.6 Å². The van der Waals surface area contributed by atoms with E-state index in [9.17, 15) is 0 Å². The number of hydrogen-bond acceptors (Lipinski definition) is 3. The topological polar surface area (TPSA) is 38.7 Å². The minimum absolute atomic E-state index is 0.638. The summed E-state index contributed by atoms with van der Waals surface area (Å²) in [6.07, 6.45) is 0. The van der Waals surface area contributed by atoms with E-state index >= 15 is 0 Å². The van der Waals surface area contributed by atoms with Crippen molar-refractivity contribution in [3.05, 3.63) is 164 Å². The molecule has 0 bridgehead atoms. The van der Waals surface area contributed by atoms with Gasteiger partial charge in [-0.2, -0.15) is 0 Å². The third kappa shape index (κ3) is 5.36. The van der Waals surface area contributed by atoms with E-state index in [1.54, 1.807) is 0 Å². The molecule has 0 unspecified atom stereocenters. The molecule has 0 saturated heterocycles. The Bertz CT molecular complexity index is 1900. The molecule has 7 aromatic rings. The maximum atomic E-state index is 5.08. The fraction of sp³-hybridized carbons (Fsp3) is 0. The molecule has 0 amide bonds. The molecule has 3 heteroatoms. The Balaban J connectivity index is 1.43. The van der Waals surface area contributed by atoms with Gasteiger partial charge >= 0.3 is 0 Å². The quantitative estimate of drug-likeness (QED) is 0.212. The Morgan fingerprint density at radius 2 is 0.524 bits per heavy atom. The molecule has 42 heavy (non-hydrogen) atoms. The van der Waals surface area contributed by atoms with Crippen LogP contribution in [0.15, 0.2) is 164 Å². The van der Waals surface area contributed by atoms with E-state index < -0.39 is 0 Å². The van der Waals surface area contributed by atoms with Gasteiger partial charge in [0.05, 0.1) is 0 Å². The first kappa shape index (κ1) is 25.3. The molecule has 198 valence electrons. The molecule has 0 saturated carbocycles. The molecule has 0 atom stereocenters. The first-order chi connectivity index (χ1) is 20.8. The van der Waals surface area contributed by atoms with Gasteiger partial charge in [0, 0.05) is 16.7 Å². The predicted octanol–water partition coefficient (Wildman–Crippen LogP) is 9.87. The molecule has 7 rings (SSSR count). The van der Waals surface area contributed by atoms with Crippen LogP contribution >= 0.6 is 0 Å². The Kier molecular flexibility index (Phi) is 6.89. The van der Waals surface area contributed by atoms with Gasteiger partial charge in [0.25, 0.3) is 0 Å². The molecule has 0 aliphatic rings. The summed E-state index contributed by atoms with van der Waals surface area (Å²) < 4.78 is 0. The van der Waals surface area contributed by atoms with Gasteiger partial charge in [-0.15, -0.1) is 0 Å². The van der Waals surface area contributed by atoms with Crippen molar-refractivity contribution in [1.29, 1.82) is 0 Å². The van der Waals surface area contributed by atoms with Crippen LogP contribution in [0.4, 0.5) is 0 Å². The van der Waals surface area contributed by atoms with E-state index in [0.29, 0.717) is 17.5 Å². The summed E-state index contributed by atoms with van der Waals surface area (Å²) in [7, 11) is 0. The van der Waals surface area contributed by atoms with Crippen LogP contribution in [0.3, 0.4) is 0 Å². The monoisotopic (exact) mass is 537 g/mol. The van der Waals surface area contributed by atoms with Crippen LogP contribution in [0, 0.1) is 0 Å². The fourth-order valence-corrected chi connectivity index (χ4v) is 5.17. The second-order valence-electron chi connectivity index (χ2n) is 10.2. The van der Waals surface area contributed by atoms with Crippen LogP contribution in [0.5, 0.6) is 0 Å². The number of aromatic nitrogens is 3. The zero-order valence-electron chi connectivity index (χ0n) is 22.9. The summed E-state index contributed by atoms with van der Waals surface area (Å²) in [6.45, 7) is 0. The first-order valence-corrected chi connectivity index (χ1v) is 14.0. The lowest BCUT2D eigenvalue weighted by molar-refractivity contribution is 1.07. The Labute approximate surface area is 245 Å². The van der Waals surface area contributed by atoms with Crippen LogP contribution in [-0.4, -0.2) is 15.0 Å². The molecule has 0 spiro atoms. The maximum absolute atomic E-state index is 5.08.